The van der Waals surface area contributed by atoms with Crippen molar-refractivity contribution in [2.45, 2.75) is 105 Å². The van der Waals surface area contributed by atoms with Crippen LogP contribution in [0.3, 0.4) is 0 Å². The molecule has 9 atom stereocenters. The number of ketones is 1. The van der Waals surface area contributed by atoms with Gasteiger partial charge in [-0.15, -0.1) is 0 Å². The van der Waals surface area contributed by atoms with Gasteiger partial charge in [-0.2, -0.15) is 0 Å². The van der Waals surface area contributed by atoms with E-state index >= 15 is 0 Å². The van der Waals surface area contributed by atoms with Crippen molar-refractivity contribution in [1.82, 2.24) is 0 Å². The second-order valence-electron chi connectivity index (χ2n) is 12.9. The summed E-state index contributed by atoms with van der Waals surface area (Å²) >= 11 is 0. The minimum absolute atomic E-state index is 0.157. The first-order chi connectivity index (χ1) is 13.2. The molecular formula is C27H44O. The topological polar surface area (TPSA) is 17.1 Å². The van der Waals surface area contributed by atoms with Crippen LogP contribution in [0.1, 0.15) is 105 Å². The molecular weight excluding hydrogens is 340 g/mol. The number of carbonyl (C=O) groups excluding carboxylic acids is 1. The van der Waals surface area contributed by atoms with Crippen molar-refractivity contribution in [3.8, 4) is 0 Å². The van der Waals surface area contributed by atoms with Crippen LogP contribution in [0, 0.1) is 57.7 Å². The highest BCUT2D eigenvalue weighted by molar-refractivity contribution is 5.91. The highest BCUT2D eigenvalue weighted by Crippen LogP contribution is 2.80. The van der Waals surface area contributed by atoms with Gasteiger partial charge in [-0.3, -0.25) is 4.79 Å². The van der Waals surface area contributed by atoms with Crippen LogP contribution in [-0.4, -0.2) is 5.78 Å². The molecule has 0 heterocycles. The highest BCUT2D eigenvalue weighted by Gasteiger charge is 2.77. The molecule has 158 valence electrons. The molecule has 28 heavy (non-hydrogen) atoms. The summed E-state index contributed by atoms with van der Waals surface area (Å²) in [6.45, 7) is 12.5. The smallest absolute Gasteiger partial charge is 0.140 e. The van der Waals surface area contributed by atoms with Gasteiger partial charge in [-0.25, -0.2) is 0 Å². The molecule has 0 bridgehead atoms. The monoisotopic (exact) mass is 384 g/mol. The van der Waals surface area contributed by atoms with Crippen molar-refractivity contribution in [2.75, 3.05) is 0 Å². The fourth-order valence-corrected chi connectivity index (χ4v) is 10.0. The lowest BCUT2D eigenvalue weighted by molar-refractivity contribution is -0.151. The average molecular weight is 385 g/mol. The second kappa shape index (κ2) is 6.34. The van der Waals surface area contributed by atoms with E-state index in [4.69, 9.17) is 0 Å². The maximum atomic E-state index is 13.4. The second-order valence-corrected chi connectivity index (χ2v) is 12.9. The summed E-state index contributed by atoms with van der Waals surface area (Å²) in [6, 6.07) is 0. The molecule has 0 aromatic heterocycles. The molecule has 0 saturated heterocycles. The Morgan fingerprint density at radius 1 is 0.964 bits per heavy atom. The molecule has 5 aliphatic rings. The molecule has 0 aromatic carbocycles. The Balaban J connectivity index is 1.35. The molecule has 1 spiro atoms. The molecule has 1 nitrogen and oxygen atoms in total. The maximum absolute atomic E-state index is 13.4. The van der Waals surface area contributed by atoms with Gasteiger partial charge in [-0.1, -0.05) is 53.9 Å². The molecule has 0 N–H and O–H groups in total. The fraction of sp³-hybridized carbons (Fsp3) is 0.963. The van der Waals surface area contributed by atoms with Crippen LogP contribution in [0.5, 0.6) is 0 Å². The Labute approximate surface area is 173 Å². The van der Waals surface area contributed by atoms with E-state index in [1.807, 2.05) is 0 Å². The fourth-order valence-electron chi connectivity index (χ4n) is 10.0. The normalized spacial score (nSPS) is 52.8. The van der Waals surface area contributed by atoms with Crippen LogP contribution in [-0.2, 0) is 4.79 Å². The van der Waals surface area contributed by atoms with E-state index in [2.05, 4.69) is 34.6 Å². The van der Waals surface area contributed by atoms with Crippen molar-refractivity contribution in [1.29, 1.82) is 0 Å². The Bertz CT molecular complexity index is 651. The molecule has 4 unspecified atom stereocenters. The predicted molar refractivity (Wildman–Crippen MR) is 116 cm³/mol. The minimum atomic E-state index is 0.157. The van der Waals surface area contributed by atoms with E-state index < -0.39 is 0 Å². The molecule has 5 rings (SSSR count). The standard InChI is InChI=1S/C27H44O/c1-17(2)7-6-8-18(3)21-9-10-22-20-15-24(28)27-16-19(27)11-14-26(27,5)23(20)12-13-25(21,22)4/h17-23H,6-16H2,1-5H3/t18-,19?,20?,21+,22?,23?,25+,26+,27-/m0/s1. The summed E-state index contributed by atoms with van der Waals surface area (Å²) in [5.41, 5.74) is 1.03. The molecule has 0 radical (unpaired) electrons. The number of Topliss-reactive ketones (excluding diaryl/α,β-unsaturated/α-hetero) is 1. The van der Waals surface area contributed by atoms with E-state index in [1.54, 1.807) is 0 Å². The van der Waals surface area contributed by atoms with Crippen molar-refractivity contribution < 1.29 is 4.79 Å². The number of rotatable bonds is 5. The summed E-state index contributed by atoms with van der Waals surface area (Å²) in [5.74, 6) is 6.49. The first kappa shape index (κ1) is 19.6. The summed E-state index contributed by atoms with van der Waals surface area (Å²) in [4.78, 5) is 13.4. The quantitative estimate of drug-likeness (QED) is 0.486. The molecule has 5 aliphatic carbocycles. The number of fused-ring (bicyclic) bond motifs is 4. The molecule has 1 heteroatoms. The summed E-state index contributed by atoms with van der Waals surface area (Å²) < 4.78 is 0. The summed E-state index contributed by atoms with van der Waals surface area (Å²) in [5, 5.41) is 0. The highest BCUT2D eigenvalue weighted by atomic mass is 16.1. The lowest BCUT2D eigenvalue weighted by Gasteiger charge is -2.58. The van der Waals surface area contributed by atoms with E-state index in [0.717, 1.165) is 41.9 Å². The van der Waals surface area contributed by atoms with Gasteiger partial charge in [0, 0.05) is 11.8 Å². The summed E-state index contributed by atoms with van der Waals surface area (Å²) in [7, 11) is 0. The first-order valence-corrected chi connectivity index (χ1v) is 12.8. The third kappa shape index (κ3) is 2.40. The minimum Gasteiger partial charge on any atom is -0.299 e. The Morgan fingerprint density at radius 2 is 1.75 bits per heavy atom. The van der Waals surface area contributed by atoms with Gasteiger partial charge in [0.25, 0.3) is 0 Å². The van der Waals surface area contributed by atoms with Gasteiger partial charge in [-0.05, 0) is 97.2 Å². The van der Waals surface area contributed by atoms with Crippen molar-refractivity contribution in [3.63, 3.8) is 0 Å². The third-order valence-electron chi connectivity index (χ3n) is 11.5. The SMILES string of the molecule is CC(C)CCC[C@H](C)[C@H]1CCC2C3CC(=O)[C@]45CC4CC[C@]5(C)C3CC[C@@]21C. The first-order valence-electron chi connectivity index (χ1n) is 12.8. The van der Waals surface area contributed by atoms with Crippen molar-refractivity contribution in [3.05, 3.63) is 0 Å². The zero-order valence-corrected chi connectivity index (χ0v) is 19.2. The van der Waals surface area contributed by atoms with E-state index in [9.17, 15) is 4.79 Å². The summed E-state index contributed by atoms with van der Waals surface area (Å²) in [6.07, 6.45) is 14.8. The predicted octanol–water partition coefficient (Wildman–Crippen LogP) is 7.29. The molecule has 5 fully saturated rings. The van der Waals surface area contributed by atoms with Gasteiger partial charge in [0.15, 0.2) is 0 Å². The Kier molecular flexibility index (Phi) is 4.44. The van der Waals surface area contributed by atoms with E-state index in [1.165, 1.54) is 64.2 Å². The number of carbonyl (C=O) groups is 1. The van der Waals surface area contributed by atoms with E-state index in [-0.39, 0.29) is 5.41 Å². The molecule has 5 saturated carbocycles. The third-order valence-corrected chi connectivity index (χ3v) is 11.5. The van der Waals surface area contributed by atoms with Gasteiger partial charge < -0.3 is 0 Å². The molecule has 0 amide bonds. The molecule has 0 aromatic rings. The van der Waals surface area contributed by atoms with Crippen LogP contribution >= 0.6 is 0 Å². The van der Waals surface area contributed by atoms with Crippen molar-refractivity contribution in [2.24, 2.45) is 57.7 Å². The maximum Gasteiger partial charge on any atom is 0.140 e. The van der Waals surface area contributed by atoms with Crippen LogP contribution in [0.15, 0.2) is 0 Å². The van der Waals surface area contributed by atoms with Gasteiger partial charge in [0.2, 0.25) is 0 Å². The number of hydrogen-bond donors (Lipinski definition) is 0. The van der Waals surface area contributed by atoms with E-state index in [0.29, 0.717) is 22.5 Å². The van der Waals surface area contributed by atoms with Crippen LogP contribution in [0.4, 0.5) is 0 Å². The van der Waals surface area contributed by atoms with Gasteiger partial charge >= 0.3 is 0 Å². The average Bonchev–Trinajstić information content (AvgIpc) is 3.15. The Hall–Kier alpha value is -0.330. The van der Waals surface area contributed by atoms with Gasteiger partial charge in [0.1, 0.15) is 5.78 Å². The van der Waals surface area contributed by atoms with Crippen LogP contribution < -0.4 is 0 Å². The van der Waals surface area contributed by atoms with Crippen LogP contribution in [0.25, 0.3) is 0 Å². The Morgan fingerprint density at radius 3 is 2.46 bits per heavy atom. The zero-order chi connectivity index (χ0) is 19.9. The molecule has 0 aliphatic heterocycles. The lowest BCUT2D eigenvalue weighted by atomic mass is 9.45. The number of hydrogen-bond acceptors (Lipinski definition) is 1. The lowest BCUT2D eigenvalue weighted by Crippen LogP contribution is -2.55. The zero-order valence-electron chi connectivity index (χ0n) is 19.2. The van der Waals surface area contributed by atoms with Crippen molar-refractivity contribution >= 4 is 5.78 Å². The largest absolute Gasteiger partial charge is 0.299 e. The van der Waals surface area contributed by atoms with Crippen LogP contribution in [0.2, 0.25) is 0 Å². The van der Waals surface area contributed by atoms with Gasteiger partial charge in [0.05, 0.1) is 0 Å².